The van der Waals surface area contributed by atoms with Crippen LogP contribution in [0.25, 0.3) is 0 Å². The van der Waals surface area contributed by atoms with Crippen LogP contribution in [-0.4, -0.2) is 46.6 Å². The van der Waals surface area contributed by atoms with Crippen LogP contribution in [0.2, 0.25) is 0 Å². The van der Waals surface area contributed by atoms with E-state index in [9.17, 15) is 9.59 Å². The standard InChI is InChI=1S/C13H22N2O3/c1-4-9-15-10(5-6-11(16)17)12(18)14-8-7-13(15,2)3/h4,10H,1,5-9H2,2-3H3,(H,14,18)(H,16,17). The molecule has 1 heterocycles. The molecule has 0 aromatic heterocycles. The fourth-order valence-corrected chi connectivity index (χ4v) is 2.38. The fourth-order valence-electron chi connectivity index (χ4n) is 2.38. The number of carbonyl (C=O) groups excluding carboxylic acids is 1. The van der Waals surface area contributed by atoms with Crippen LogP contribution < -0.4 is 5.32 Å². The van der Waals surface area contributed by atoms with Gasteiger partial charge in [0, 0.05) is 25.0 Å². The second-order valence-corrected chi connectivity index (χ2v) is 5.24. The molecule has 1 rings (SSSR count). The Morgan fingerprint density at radius 3 is 2.89 bits per heavy atom. The van der Waals surface area contributed by atoms with Gasteiger partial charge in [-0.1, -0.05) is 6.08 Å². The van der Waals surface area contributed by atoms with Crippen LogP contribution in [-0.2, 0) is 9.59 Å². The van der Waals surface area contributed by atoms with Gasteiger partial charge in [-0.3, -0.25) is 14.5 Å². The van der Waals surface area contributed by atoms with Gasteiger partial charge in [0.15, 0.2) is 0 Å². The third-order valence-electron chi connectivity index (χ3n) is 3.45. The highest BCUT2D eigenvalue weighted by atomic mass is 16.4. The van der Waals surface area contributed by atoms with Gasteiger partial charge in [0.1, 0.15) is 0 Å². The van der Waals surface area contributed by atoms with Gasteiger partial charge >= 0.3 is 5.97 Å². The Kier molecular flexibility index (Phi) is 4.90. The molecule has 1 atom stereocenters. The molecule has 0 aliphatic carbocycles. The maximum Gasteiger partial charge on any atom is 0.303 e. The van der Waals surface area contributed by atoms with Crippen molar-refractivity contribution in [2.24, 2.45) is 0 Å². The van der Waals surface area contributed by atoms with Crippen molar-refractivity contribution in [1.29, 1.82) is 0 Å². The highest BCUT2D eigenvalue weighted by molar-refractivity contribution is 5.82. The lowest BCUT2D eigenvalue weighted by Crippen LogP contribution is -2.52. The Morgan fingerprint density at radius 2 is 2.33 bits per heavy atom. The number of rotatable bonds is 5. The van der Waals surface area contributed by atoms with E-state index in [0.717, 1.165) is 6.42 Å². The molecule has 1 unspecified atom stereocenters. The summed E-state index contributed by atoms with van der Waals surface area (Å²) >= 11 is 0. The molecule has 0 radical (unpaired) electrons. The summed E-state index contributed by atoms with van der Waals surface area (Å²) in [4.78, 5) is 24.8. The highest BCUT2D eigenvalue weighted by Gasteiger charge is 2.37. The largest absolute Gasteiger partial charge is 0.481 e. The molecular formula is C13H22N2O3. The maximum atomic E-state index is 12.0. The molecule has 0 aromatic carbocycles. The first-order valence-electron chi connectivity index (χ1n) is 6.25. The summed E-state index contributed by atoms with van der Waals surface area (Å²) in [6.07, 6.45) is 2.94. The summed E-state index contributed by atoms with van der Waals surface area (Å²) in [6, 6.07) is -0.392. The molecule has 2 N–H and O–H groups in total. The minimum atomic E-state index is -0.872. The third-order valence-corrected chi connectivity index (χ3v) is 3.45. The van der Waals surface area contributed by atoms with Crippen LogP contribution >= 0.6 is 0 Å². The molecule has 1 amide bonds. The molecule has 0 spiro atoms. The Morgan fingerprint density at radius 1 is 1.67 bits per heavy atom. The van der Waals surface area contributed by atoms with E-state index in [-0.39, 0.29) is 17.9 Å². The molecule has 1 aliphatic heterocycles. The lowest BCUT2D eigenvalue weighted by atomic mass is 9.95. The van der Waals surface area contributed by atoms with Crippen molar-refractivity contribution in [3.05, 3.63) is 12.7 Å². The Hall–Kier alpha value is -1.36. The van der Waals surface area contributed by atoms with Gasteiger partial charge in [-0.2, -0.15) is 0 Å². The van der Waals surface area contributed by atoms with E-state index >= 15 is 0 Å². The molecule has 5 nitrogen and oxygen atoms in total. The number of carboxylic acid groups (broad SMARTS) is 1. The second kappa shape index (κ2) is 6.00. The average molecular weight is 254 g/mol. The highest BCUT2D eigenvalue weighted by Crippen LogP contribution is 2.25. The number of carboxylic acids is 1. The van der Waals surface area contributed by atoms with E-state index in [0.29, 0.717) is 19.5 Å². The predicted octanol–water partition coefficient (Wildman–Crippen LogP) is 1.01. The van der Waals surface area contributed by atoms with Gasteiger partial charge < -0.3 is 10.4 Å². The number of hydrogen-bond donors (Lipinski definition) is 2. The summed E-state index contributed by atoms with van der Waals surface area (Å²) in [5.41, 5.74) is -0.142. The zero-order valence-corrected chi connectivity index (χ0v) is 11.1. The van der Waals surface area contributed by atoms with Crippen LogP contribution in [0, 0.1) is 0 Å². The van der Waals surface area contributed by atoms with E-state index in [1.165, 1.54) is 0 Å². The molecule has 1 fully saturated rings. The summed E-state index contributed by atoms with van der Waals surface area (Å²) in [7, 11) is 0. The molecule has 1 aliphatic rings. The van der Waals surface area contributed by atoms with Crippen molar-refractivity contribution in [2.75, 3.05) is 13.1 Å². The van der Waals surface area contributed by atoms with Gasteiger partial charge in [-0.15, -0.1) is 6.58 Å². The van der Waals surface area contributed by atoms with Gasteiger partial charge in [0.05, 0.1) is 6.04 Å². The van der Waals surface area contributed by atoms with Crippen LogP contribution in [0.5, 0.6) is 0 Å². The number of nitrogens with zero attached hydrogens (tertiary/aromatic N) is 1. The minimum Gasteiger partial charge on any atom is -0.481 e. The number of carbonyl (C=O) groups is 2. The first-order valence-corrected chi connectivity index (χ1v) is 6.25. The number of amides is 1. The van der Waals surface area contributed by atoms with E-state index < -0.39 is 12.0 Å². The molecule has 0 aromatic rings. The summed E-state index contributed by atoms with van der Waals surface area (Å²) in [5.74, 6) is -0.952. The number of aliphatic carboxylic acids is 1. The normalized spacial score (nSPS) is 24.1. The zero-order chi connectivity index (χ0) is 13.8. The van der Waals surface area contributed by atoms with Crippen molar-refractivity contribution in [2.45, 2.75) is 44.7 Å². The monoisotopic (exact) mass is 254 g/mol. The van der Waals surface area contributed by atoms with Crippen LogP contribution in [0.3, 0.4) is 0 Å². The average Bonchev–Trinajstić information content (AvgIpc) is 2.36. The third kappa shape index (κ3) is 3.57. The molecule has 0 bridgehead atoms. The lowest BCUT2D eigenvalue weighted by molar-refractivity contribution is -0.138. The SMILES string of the molecule is C=CCN1C(CCC(=O)O)C(=O)NCCC1(C)C. The van der Waals surface area contributed by atoms with E-state index in [1.54, 1.807) is 6.08 Å². The van der Waals surface area contributed by atoms with Gasteiger partial charge in [0.2, 0.25) is 5.91 Å². The van der Waals surface area contributed by atoms with Crippen LogP contribution in [0.4, 0.5) is 0 Å². The lowest BCUT2D eigenvalue weighted by Gasteiger charge is -2.40. The molecule has 18 heavy (non-hydrogen) atoms. The Labute approximate surface area is 108 Å². The quantitative estimate of drug-likeness (QED) is 0.718. The second-order valence-electron chi connectivity index (χ2n) is 5.24. The van der Waals surface area contributed by atoms with E-state index in [4.69, 9.17) is 5.11 Å². The first-order chi connectivity index (χ1) is 8.38. The van der Waals surface area contributed by atoms with Crippen molar-refractivity contribution in [3.8, 4) is 0 Å². The fraction of sp³-hybridized carbons (Fsp3) is 0.692. The van der Waals surface area contributed by atoms with E-state index in [2.05, 4.69) is 25.7 Å². The van der Waals surface area contributed by atoms with Crippen molar-refractivity contribution < 1.29 is 14.7 Å². The van der Waals surface area contributed by atoms with Gasteiger partial charge in [0.25, 0.3) is 0 Å². The molecule has 5 heteroatoms. The molecule has 0 saturated carbocycles. The number of nitrogens with one attached hydrogen (secondary N) is 1. The number of hydrogen-bond acceptors (Lipinski definition) is 3. The van der Waals surface area contributed by atoms with Crippen molar-refractivity contribution >= 4 is 11.9 Å². The maximum absolute atomic E-state index is 12.0. The predicted molar refractivity (Wildman–Crippen MR) is 69.3 cm³/mol. The molecular weight excluding hydrogens is 232 g/mol. The minimum absolute atomic E-state index is 0.00180. The summed E-state index contributed by atoms with van der Waals surface area (Å²) < 4.78 is 0. The zero-order valence-electron chi connectivity index (χ0n) is 11.1. The van der Waals surface area contributed by atoms with E-state index in [1.807, 2.05) is 4.90 Å². The summed E-state index contributed by atoms with van der Waals surface area (Å²) in [6.45, 7) is 9.08. The molecule has 102 valence electrons. The van der Waals surface area contributed by atoms with Gasteiger partial charge in [-0.25, -0.2) is 0 Å². The smallest absolute Gasteiger partial charge is 0.303 e. The van der Waals surface area contributed by atoms with Crippen molar-refractivity contribution in [3.63, 3.8) is 0 Å². The summed E-state index contributed by atoms with van der Waals surface area (Å²) in [5, 5.41) is 11.6. The topological polar surface area (TPSA) is 69.6 Å². The van der Waals surface area contributed by atoms with Crippen LogP contribution in [0.1, 0.15) is 33.1 Å². The first kappa shape index (κ1) is 14.7. The van der Waals surface area contributed by atoms with Gasteiger partial charge in [-0.05, 0) is 26.7 Å². The van der Waals surface area contributed by atoms with Crippen LogP contribution in [0.15, 0.2) is 12.7 Å². The Bertz CT molecular complexity index is 339. The Balaban J connectivity index is 2.91. The van der Waals surface area contributed by atoms with Crippen molar-refractivity contribution in [1.82, 2.24) is 10.2 Å². The molecule has 1 saturated heterocycles.